The Balaban J connectivity index is 1.84. The number of hydrogen-bond acceptors (Lipinski definition) is 2. The molecular formula is C14H21N3O2. The Morgan fingerprint density at radius 2 is 1.68 bits per heavy atom. The minimum atomic E-state index is 0.148. The largest absolute Gasteiger partial charge is 0.357 e. The highest BCUT2D eigenvalue weighted by atomic mass is 16.2. The smallest absolute Gasteiger partial charge is 0.227 e. The van der Waals surface area contributed by atoms with Crippen LogP contribution in [0.1, 0.15) is 18.9 Å². The van der Waals surface area contributed by atoms with Gasteiger partial charge >= 0.3 is 0 Å². The van der Waals surface area contributed by atoms with Crippen LogP contribution in [0.25, 0.3) is 0 Å². The molecule has 5 heteroatoms. The molecule has 0 aromatic carbocycles. The molecule has 2 amide bonds. The number of amides is 2. The van der Waals surface area contributed by atoms with Gasteiger partial charge in [-0.15, -0.1) is 0 Å². The highest BCUT2D eigenvalue weighted by Gasteiger charge is 2.23. The topological polar surface area (TPSA) is 45.6 Å². The normalized spacial score (nSPS) is 15.7. The monoisotopic (exact) mass is 263 g/mol. The van der Waals surface area contributed by atoms with Crippen LogP contribution in [0.3, 0.4) is 0 Å². The van der Waals surface area contributed by atoms with Crippen molar-refractivity contribution < 1.29 is 9.59 Å². The summed E-state index contributed by atoms with van der Waals surface area (Å²) in [4.78, 5) is 27.4. The van der Waals surface area contributed by atoms with Gasteiger partial charge in [-0.25, -0.2) is 0 Å². The van der Waals surface area contributed by atoms with Gasteiger partial charge in [0.2, 0.25) is 11.8 Å². The summed E-state index contributed by atoms with van der Waals surface area (Å²) in [6.45, 7) is 4.49. The van der Waals surface area contributed by atoms with E-state index in [1.165, 1.54) is 0 Å². The van der Waals surface area contributed by atoms with E-state index in [1.54, 1.807) is 0 Å². The molecule has 1 saturated heterocycles. The van der Waals surface area contributed by atoms with Crippen molar-refractivity contribution in [2.24, 2.45) is 7.05 Å². The molecule has 0 atom stereocenters. The molecule has 0 bridgehead atoms. The fourth-order valence-corrected chi connectivity index (χ4v) is 2.38. The fraction of sp³-hybridized carbons (Fsp3) is 0.571. The summed E-state index contributed by atoms with van der Waals surface area (Å²) in [5.74, 6) is 0.324. The van der Waals surface area contributed by atoms with Gasteiger partial charge < -0.3 is 14.4 Å². The summed E-state index contributed by atoms with van der Waals surface area (Å²) >= 11 is 0. The third-order valence-electron chi connectivity index (χ3n) is 3.54. The third kappa shape index (κ3) is 3.36. The van der Waals surface area contributed by atoms with E-state index in [-0.39, 0.29) is 11.8 Å². The van der Waals surface area contributed by atoms with Crippen LogP contribution in [-0.2, 0) is 23.1 Å². The van der Waals surface area contributed by atoms with E-state index in [0.717, 1.165) is 5.56 Å². The lowest BCUT2D eigenvalue weighted by Crippen LogP contribution is -2.50. The van der Waals surface area contributed by atoms with Crippen LogP contribution in [0.4, 0.5) is 0 Å². The average Bonchev–Trinajstić information content (AvgIpc) is 2.83. The number of rotatable bonds is 3. The van der Waals surface area contributed by atoms with E-state index in [2.05, 4.69) is 0 Å². The Bertz CT molecular complexity index is 459. The number of aromatic nitrogens is 1. The van der Waals surface area contributed by atoms with Gasteiger partial charge in [0.25, 0.3) is 0 Å². The van der Waals surface area contributed by atoms with E-state index < -0.39 is 0 Å². The number of piperazine rings is 1. The van der Waals surface area contributed by atoms with E-state index in [1.807, 2.05) is 46.8 Å². The van der Waals surface area contributed by atoms with Crippen LogP contribution in [0.15, 0.2) is 18.5 Å². The molecular weight excluding hydrogens is 242 g/mol. The molecule has 1 aromatic heterocycles. The van der Waals surface area contributed by atoms with Crippen molar-refractivity contribution in [3.05, 3.63) is 24.0 Å². The number of carbonyl (C=O) groups is 2. The van der Waals surface area contributed by atoms with Crippen molar-refractivity contribution in [1.29, 1.82) is 0 Å². The molecule has 5 nitrogen and oxygen atoms in total. The molecule has 0 unspecified atom stereocenters. The molecule has 0 radical (unpaired) electrons. The maximum atomic E-state index is 12.1. The summed E-state index contributed by atoms with van der Waals surface area (Å²) in [5, 5.41) is 0. The maximum absolute atomic E-state index is 12.1. The second-order valence-corrected chi connectivity index (χ2v) is 4.98. The molecule has 1 aromatic rings. The highest BCUT2D eigenvalue weighted by molar-refractivity contribution is 5.80. The van der Waals surface area contributed by atoms with Crippen molar-refractivity contribution in [3.8, 4) is 0 Å². The van der Waals surface area contributed by atoms with Crippen LogP contribution < -0.4 is 0 Å². The quantitative estimate of drug-likeness (QED) is 0.804. The molecule has 104 valence electrons. The van der Waals surface area contributed by atoms with Gasteiger partial charge in [0.15, 0.2) is 0 Å². The lowest BCUT2D eigenvalue weighted by atomic mass is 10.2. The van der Waals surface area contributed by atoms with Crippen LogP contribution >= 0.6 is 0 Å². The molecule has 0 aliphatic carbocycles. The Kier molecular flexibility index (Phi) is 4.24. The first-order valence-corrected chi connectivity index (χ1v) is 6.76. The zero-order valence-corrected chi connectivity index (χ0v) is 11.6. The summed E-state index contributed by atoms with van der Waals surface area (Å²) in [5.41, 5.74) is 1.04. The molecule has 0 N–H and O–H groups in total. The van der Waals surface area contributed by atoms with Crippen molar-refractivity contribution in [2.75, 3.05) is 26.2 Å². The molecule has 1 aliphatic heterocycles. The van der Waals surface area contributed by atoms with Gasteiger partial charge in [0.1, 0.15) is 0 Å². The standard InChI is InChI=1S/C14H21N3O2/c1-3-13(18)16-6-8-17(9-7-16)14(19)10-12-4-5-15(2)11-12/h4-5,11H,3,6-10H2,1-2H3. The first-order chi connectivity index (χ1) is 9.10. The molecule has 2 heterocycles. The first-order valence-electron chi connectivity index (χ1n) is 6.76. The SMILES string of the molecule is CCC(=O)N1CCN(C(=O)Cc2ccn(C)c2)CC1. The molecule has 0 spiro atoms. The summed E-state index contributed by atoms with van der Waals surface area (Å²) in [6.07, 6.45) is 4.90. The van der Waals surface area contributed by atoms with Crippen molar-refractivity contribution in [1.82, 2.24) is 14.4 Å². The third-order valence-corrected chi connectivity index (χ3v) is 3.54. The second kappa shape index (κ2) is 5.91. The predicted molar refractivity (Wildman–Crippen MR) is 72.6 cm³/mol. The highest BCUT2D eigenvalue weighted by Crippen LogP contribution is 2.08. The van der Waals surface area contributed by atoms with Gasteiger partial charge in [-0.2, -0.15) is 0 Å². The molecule has 1 aliphatic rings. The van der Waals surface area contributed by atoms with Crippen LogP contribution in [-0.4, -0.2) is 52.4 Å². The van der Waals surface area contributed by atoms with Gasteiger partial charge in [0, 0.05) is 52.0 Å². The molecule has 0 saturated carbocycles. The number of aryl methyl sites for hydroxylation is 1. The van der Waals surface area contributed by atoms with Gasteiger partial charge in [-0.3, -0.25) is 9.59 Å². The molecule has 19 heavy (non-hydrogen) atoms. The predicted octanol–water partition coefficient (Wildman–Crippen LogP) is 0.648. The van der Waals surface area contributed by atoms with Crippen molar-refractivity contribution in [2.45, 2.75) is 19.8 Å². The van der Waals surface area contributed by atoms with E-state index >= 15 is 0 Å². The number of carbonyl (C=O) groups excluding carboxylic acids is 2. The minimum absolute atomic E-state index is 0.148. The average molecular weight is 263 g/mol. The fourth-order valence-electron chi connectivity index (χ4n) is 2.38. The van der Waals surface area contributed by atoms with E-state index in [9.17, 15) is 9.59 Å². The number of hydrogen-bond donors (Lipinski definition) is 0. The van der Waals surface area contributed by atoms with Gasteiger partial charge in [-0.05, 0) is 11.6 Å². The van der Waals surface area contributed by atoms with Crippen molar-refractivity contribution in [3.63, 3.8) is 0 Å². The Morgan fingerprint density at radius 1 is 1.11 bits per heavy atom. The second-order valence-electron chi connectivity index (χ2n) is 4.98. The van der Waals surface area contributed by atoms with Crippen molar-refractivity contribution >= 4 is 11.8 Å². The minimum Gasteiger partial charge on any atom is -0.357 e. The van der Waals surface area contributed by atoms with Crippen LogP contribution in [0, 0.1) is 0 Å². The zero-order chi connectivity index (χ0) is 13.8. The van der Waals surface area contributed by atoms with E-state index in [0.29, 0.717) is 39.0 Å². The summed E-state index contributed by atoms with van der Waals surface area (Å²) < 4.78 is 1.94. The number of nitrogens with zero attached hydrogens (tertiary/aromatic N) is 3. The summed E-state index contributed by atoms with van der Waals surface area (Å²) in [6, 6.07) is 1.97. The Morgan fingerprint density at radius 3 is 2.16 bits per heavy atom. The maximum Gasteiger partial charge on any atom is 0.227 e. The van der Waals surface area contributed by atoms with Gasteiger partial charge in [0.05, 0.1) is 6.42 Å². The Labute approximate surface area is 113 Å². The Hall–Kier alpha value is -1.78. The van der Waals surface area contributed by atoms with E-state index in [4.69, 9.17) is 0 Å². The lowest BCUT2D eigenvalue weighted by Gasteiger charge is -2.34. The van der Waals surface area contributed by atoms with Crippen LogP contribution in [0.5, 0.6) is 0 Å². The van der Waals surface area contributed by atoms with Crippen LogP contribution in [0.2, 0.25) is 0 Å². The zero-order valence-electron chi connectivity index (χ0n) is 11.6. The van der Waals surface area contributed by atoms with Gasteiger partial charge in [-0.1, -0.05) is 6.92 Å². The first kappa shape index (κ1) is 13.6. The molecule has 1 fully saturated rings. The summed E-state index contributed by atoms with van der Waals surface area (Å²) in [7, 11) is 1.95. The molecule has 2 rings (SSSR count). The lowest BCUT2D eigenvalue weighted by molar-refractivity contribution is -0.139.